The monoisotopic (exact) mass is 419 g/mol. The fourth-order valence-electron chi connectivity index (χ4n) is 2.56. The molecule has 3 rings (SSSR count). The van der Waals surface area contributed by atoms with Crippen LogP contribution in [0.15, 0.2) is 59.6 Å². The largest absolute Gasteiger partial charge is 0.338 e. The maximum Gasteiger partial charge on any atom is 0.238 e. The van der Waals surface area contributed by atoms with Crippen LogP contribution in [-0.4, -0.2) is 25.1 Å². The van der Waals surface area contributed by atoms with E-state index in [2.05, 4.69) is 20.6 Å². The summed E-state index contributed by atoms with van der Waals surface area (Å²) >= 11 is 0. The van der Waals surface area contributed by atoms with E-state index in [0.29, 0.717) is 24.2 Å². The van der Waals surface area contributed by atoms with E-state index < -0.39 is 15.8 Å². The van der Waals surface area contributed by atoms with Gasteiger partial charge in [-0.05, 0) is 48.7 Å². The van der Waals surface area contributed by atoms with Gasteiger partial charge in [-0.15, -0.1) is 0 Å². The molecule has 10 heteroatoms. The zero-order valence-electron chi connectivity index (χ0n) is 15.3. The molecule has 7 nitrogen and oxygen atoms in total. The summed E-state index contributed by atoms with van der Waals surface area (Å²) in [6.07, 6.45) is 2.08. The predicted octanol–water partition coefficient (Wildman–Crippen LogP) is 3.65. The molecule has 152 valence electrons. The lowest BCUT2D eigenvalue weighted by Crippen LogP contribution is -2.12. The topological polar surface area (TPSA) is 110 Å². The number of halogens is 2. The van der Waals surface area contributed by atoms with Crippen LogP contribution in [0.3, 0.4) is 0 Å². The molecule has 0 bridgehead atoms. The Balaban J connectivity index is 1.76. The molecule has 1 heterocycles. The average Bonchev–Trinajstić information content (AvgIpc) is 2.69. The van der Waals surface area contributed by atoms with Crippen molar-refractivity contribution >= 4 is 33.2 Å². The third kappa shape index (κ3) is 5.69. The number of hydrogen-bond acceptors (Lipinski definition) is 6. The average molecular weight is 419 g/mol. The lowest BCUT2D eigenvalue weighted by atomic mass is 10.1. The summed E-state index contributed by atoms with van der Waals surface area (Å²) in [5.41, 5.74) is 1.97. The van der Waals surface area contributed by atoms with Crippen LogP contribution >= 0.6 is 0 Å². The van der Waals surface area contributed by atoms with Crippen LogP contribution in [0.25, 0.3) is 0 Å². The van der Waals surface area contributed by atoms with Crippen molar-refractivity contribution in [2.45, 2.75) is 17.7 Å². The number of aromatic nitrogens is 2. The van der Waals surface area contributed by atoms with Gasteiger partial charge in [-0.25, -0.2) is 22.9 Å². The number of nitrogens with zero attached hydrogens (tertiary/aromatic N) is 2. The molecule has 0 aliphatic carbocycles. The Labute approximate surface area is 167 Å². The van der Waals surface area contributed by atoms with Gasteiger partial charge in [0.1, 0.15) is 0 Å². The highest BCUT2D eigenvalue weighted by Crippen LogP contribution is 2.22. The first kappa shape index (κ1) is 20.6. The van der Waals surface area contributed by atoms with Gasteiger partial charge in [-0.3, -0.25) is 4.39 Å². The predicted molar refractivity (Wildman–Crippen MR) is 107 cm³/mol. The second-order valence-corrected chi connectivity index (χ2v) is 7.76. The van der Waals surface area contributed by atoms with Gasteiger partial charge in [0, 0.05) is 11.4 Å². The van der Waals surface area contributed by atoms with Gasteiger partial charge in [0.2, 0.25) is 16.0 Å². The minimum absolute atomic E-state index is 0.0541. The first-order valence-electron chi connectivity index (χ1n) is 8.69. The molecular weight excluding hydrogens is 400 g/mol. The molecule has 0 amide bonds. The zero-order valence-corrected chi connectivity index (χ0v) is 16.1. The molecule has 4 N–H and O–H groups in total. The molecular formula is C19H19F2N5O2S. The van der Waals surface area contributed by atoms with E-state index in [4.69, 9.17) is 5.14 Å². The van der Waals surface area contributed by atoms with Gasteiger partial charge in [-0.1, -0.05) is 18.2 Å². The smallest absolute Gasteiger partial charge is 0.238 e. The van der Waals surface area contributed by atoms with E-state index >= 15 is 0 Å². The Morgan fingerprint density at radius 2 is 1.79 bits per heavy atom. The molecule has 1 aromatic heterocycles. The second-order valence-electron chi connectivity index (χ2n) is 6.20. The molecule has 0 aliphatic heterocycles. The molecule has 0 fully saturated rings. The molecule has 2 aromatic carbocycles. The summed E-state index contributed by atoms with van der Waals surface area (Å²) < 4.78 is 49.3. The van der Waals surface area contributed by atoms with Gasteiger partial charge in [0.15, 0.2) is 11.6 Å². The highest BCUT2D eigenvalue weighted by molar-refractivity contribution is 7.89. The SMILES string of the molecule is NS(=O)(=O)c1cccc(Nc2ncc(F)c(Nc3ccc(CCCF)cc3)n2)c1. The Morgan fingerprint density at radius 1 is 1.03 bits per heavy atom. The van der Waals surface area contributed by atoms with Crippen LogP contribution in [0.5, 0.6) is 0 Å². The van der Waals surface area contributed by atoms with Crippen LogP contribution < -0.4 is 15.8 Å². The molecule has 0 radical (unpaired) electrons. The lowest BCUT2D eigenvalue weighted by Gasteiger charge is -2.10. The zero-order chi connectivity index (χ0) is 20.9. The first-order valence-corrected chi connectivity index (χ1v) is 10.2. The van der Waals surface area contributed by atoms with Crippen molar-refractivity contribution in [1.82, 2.24) is 9.97 Å². The molecule has 0 unspecified atom stereocenters. The van der Waals surface area contributed by atoms with Gasteiger partial charge >= 0.3 is 0 Å². The maximum absolute atomic E-state index is 14.1. The number of anilines is 4. The number of rotatable bonds is 8. The van der Waals surface area contributed by atoms with E-state index in [9.17, 15) is 17.2 Å². The summed E-state index contributed by atoms with van der Waals surface area (Å²) in [5.74, 6) is -0.642. The lowest BCUT2D eigenvalue weighted by molar-refractivity contribution is 0.473. The molecule has 0 saturated carbocycles. The minimum Gasteiger partial charge on any atom is -0.338 e. The standard InChI is InChI=1S/C19H19F2N5O2S/c20-10-2-3-13-6-8-14(9-7-13)24-18-17(21)12-23-19(26-18)25-15-4-1-5-16(11-15)29(22,27)28/h1,4-9,11-12H,2-3,10H2,(H2,22,27,28)(H2,23,24,25,26). The van der Waals surface area contributed by atoms with Crippen molar-refractivity contribution in [3.8, 4) is 0 Å². The first-order chi connectivity index (χ1) is 13.8. The molecule has 3 aromatic rings. The highest BCUT2D eigenvalue weighted by atomic mass is 32.2. The number of nitrogens with two attached hydrogens (primary N) is 1. The summed E-state index contributed by atoms with van der Waals surface area (Å²) in [4.78, 5) is 7.88. The Kier molecular flexibility index (Phi) is 6.35. The van der Waals surface area contributed by atoms with Crippen LogP contribution in [0.1, 0.15) is 12.0 Å². The van der Waals surface area contributed by atoms with Gasteiger partial charge in [0.25, 0.3) is 0 Å². The maximum atomic E-state index is 14.1. The van der Waals surface area contributed by atoms with E-state index in [-0.39, 0.29) is 23.3 Å². The number of primary sulfonamides is 1. The third-order valence-corrected chi connectivity index (χ3v) is 4.89. The van der Waals surface area contributed by atoms with Crippen molar-refractivity contribution in [2.75, 3.05) is 17.3 Å². The number of benzene rings is 2. The highest BCUT2D eigenvalue weighted by Gasteiger charge is 2.11. The molecule has 0 saturated heterocycles. The van der Waals surface area contributed by atoms with Crippen molar-refractivity contribution in [3.05, 3.63) is 66.1 Å². The quantitative estimate of drug-likeness (QED) is 0.514. The van der Waals surface area contributed by atoms with E-state index in [1.165, 1.54) is 18.2 Å². The van der Waals surface area contributed by atoms with Gasteiger partial charge < -0.3 is 10.6 Å². The van der Waals surface area contributed by atoms with Gasteiger partial charge in [-0.2, -0.15) is 4.98 Å². The van der Waals surface area contributed by atoms with Crippen molar-refractivity contribution in [3.63, 3.8) is 0 Å². The van der Waals surface area contributed by atoms with Crippen LogP contribution in [0.4, 0.5) is 31.9 Å². The van der Waals surface area contributed by atoms with Crippen LogP contribution in [-0.2, 0) is 16.4 Å². The molecule has 0 spiro atoms. The van der Waals surface area contributed by atoms with Crippen LogP contribution in [0.2, 0.25) is 0 Å². The molecule has 0 atom stereocenters. The Bertz CT molecular complexity index is 1090. The van der Waals surface area contributed by atoms with E-state index in [1.54, 1.807) is 18.2 Å². The fraction of sp³-hybridized carbons (Fsp3) is 0.158. The number of aryl methyl sites for hydroxylation is 1. The molecule has 0 aliphatic rings. The van der Waals surface area contributed by atoms with Crippen molar-refractivity contribution < 1.29 is 17.2 Å². The summed E-state index contributed by atoms with van der Waals surface area (Å²) in [5, 5.41) is 10.8. The normalized spacial score (nSPS) is 11.3. The van der Waals surface area contributed by atoms with E-state index in [1.807, 2.05) is 12.1 Å². The van der Waals surface area contributed by atoms with E-state index in [0.717, 1.165) is 11.8 Å². The summed E-state index contributed by atoms with van der Waals surface area (Å²) in [6.45, 7) is -0.373. The van der Waals surface area contributed by atoms with Crippen molar-refractivity contribution in [1.29, 1.82) is 0 Å². The Morgan fingerprint density at radius 3 is 2.48 bits per heavy atom. The van der Waals surface area contributed by atoms with Crippen LogP contribution in [0, 0.1) is 5.82 Å². The number of alkyl halides is 1. The van der Waals surface area contributed by atoms with Gasteiger partial charge in [0.05, 0.1) is 17.8 Å². The Hall–Kier alpha value is -3.11. The second kappa shape index (κ2) is 8.93. The summed E-state index contributed by atoms with van der Waals surface area (Å²) in [6, 6.07) is 12.9. The number of hydrogen-bond donors (Lipinski definition) is 3. The fourth-order valence-corrected chi connectivity index (χ4v) is 3.12. The summed E-state index contributed by atoms with van der Waals surface area (Å²) in [7, 11) is -3.86. The number of nitrogens with one attached hydrogen (secondary N) is 2. The molecule has 29 heavy (non-hydrogen) atoms. The number of sulfonamides is 1. The minimum atomic E-state index is -3.86. The third-order valence-electron chi connectivity index (χ3n) is 3.98. The van der Waals surface area contributed by atoms with Crippen molar-refractivity contribution in [2.24, 2.45) is 5.14 Å².